The van der Waals surface area contributed by atoms with Crippen molar-refractivity contribution in [3.63, 3.8) is 0 Å². The molecule has 0 spiro atoms. The second-order valence-electron chi connectivity index (χ2n) is 4.73. The first kappa shape index (κ1) is 13.6. The molecule has 0 atom stereocenters. The SMILES string of the molecule is Cn1nc(-c2ccc(Cl)c(F)c2)c(-c2ccccc2)c1N. The zero-order chi connectivity index (χ0) is 15.0. The zero-order valence-electron chi connectivity index (χ0n) is 11.3. The molecule has 2 N–H and O–H groups in total. The van der Waals surface area contributed by atoms with Gasteiger partial charge >= 0.3 is 0 Å². The second-order valence-corrected chi connectivity index (χ2v) is 5.13. The molecule has 106 valence electrons. The maximum Gasteiger partial charge on any atom is 0.142 e. The van der Waals surface area contributed by atoms with Crippen molar-refractivity contribution in [3.05, 3.63) is 59.4 Å². The molecule has 0 aliphatic carbocycles. The summed E-state index contributed by atoms with van der Waals surface area (Å²) < 4.78 is 15.3. The number of aromatic nitrogens is 2. The van der Waals surface area contributed by atoms with Gasteiger partial charge in [0.05, 0.1) is 10.6 Å². The molecule has 0 unspecified atom stereocenters. The number of nitrogen functional groups attached to an aromatic ring is 1. The van der Waals surface area contributed by atoms with E-state index in [9.17, 15) is 4.39 Å². The van der Waals surface area contributed by atoms with E-state index in [4.69, 9.17) is 17.3 Å². The molecule has 3 aromatic rings. The third-order valence-electron chi connectivity index (χ3n) is 3.35. The lowest BCUT2D eigenvalue weighted by Gasteiger charge is -2.05. The lowest BCUT2D eigenvalue weighted by molar-refractivity contribution is 0.628. The van der Waals surface area contributed by atoms with Crippen molar-refractivity contribution in [3.8, 4) is 22.4 Å². The van der Waals surface area contributed by atoms with Crippen molar-refractivity contribution in [2.75, 3.05) is 5.73 Å². The second kappa shape index (κ2) is 5.22. The van der Waals surface area contributed by atoms with Crippen LogP contribution < -0.4 is 5.73 Å². The summed E-state index contributed by atoms with van der Waals surface area (Å²) in [6, 6.07) is 14.3. The summed E-state index contributed by atoms with van der Waals surface area (Å²) in [5.74, 6) is 0.0592. The highest BCUT2D eigenvalue weighted by Gasteiger charge is 2.18. The Hall–Kier alpha value is -2.33. The van der Waals surface area contributed by atoms with Gasteiger partial charge in [-0.15, -0.1) is 0 Å². The van der Waals surface area contributed by atoms with Gasteiger partial charge in [-0.05, 0) is 17.7 Å². The number of aryl methyl sites for hydroxylation is 1. The first-order valence-electron chi connectivity index (χ1n) is 6.41. The summed E-state index contributed by atoms with van der Waals surface area (Å²) in [6.07, 6.45) is 0. The van der Waals surface area contributed by atoms with Gasteiger partial charge in [0.25, 0.3) is 0 Å². The van der Waals surface area contributed by atoms with Crippen LogP contribution >= 0.6 is 11.6 Å². The molecule has 1 aromatic heterocycles. The minimum atomic E-state index is -0.475. The number of hydrogen-bond donors (Lipinski definition) is 1. The summed E-state index contributed by atoms with van der Waals surface area (Å²) in [5, 5.41) is 4.50. The van der Waals surface area contributed by atoms with E-state index in [1.807, 2.05) is 30.3 Å². The number of hydrogen-bond acceptors (Lipinski definition) is 2. The molecule has 3 rings (SSSR count). The van der Waals surface area contributed by atoms with Crippen molar-refractivity contribution in [2.24, 2.45) is 7.05 Å². The van der Waals surface area contributed by atoms with Crippen LogP contribution in [-0.2, 0) is 7.05 Å². The quantitative estimate of drug-likeness (QED) is 0.773. The molecule has 1 heterocycles. The molecule has 0 aliphatic rings. The fourth-order valence-electron chi connectivity index (χ4n) is 2.27. The van der Waals surface area contributed by atoms with Gasteiger partial charge in [-0.1, -0.05) is 48.0 Å². The molecule has 0 bridgehead atoms. The van der Waals surface area contributed by atoms with Crippen LogP contribution in [0.1, 0.15) is 0 Å². The molecule has 0 amide bonds. The lowest BCUT2D eigenvalue weighted by atomic mass is 10.0. The van der Waals surface area contributed by atoms with Crippen LogP contribution in [0.25, 0.3) is 22.4 Å². The molecule has 0 saturated heterocycles. The van der Waals surface area contributed by atoms with E-state index in [-0.39, 0.29) is 5.02 Å². The third kappa shape index (κ3) is 2.38. The fraction of sp³-hybridized carbons (Fsp3) is 0.0625. The Morgan fingerprint density at radius 3 is 2.48 bits per heavy atom. The van der Waals surface area contributed by atoms with Gasteiger partial charge in [0.15, 0.2) is 0 Å². The Morgan fingerprint density at radius 2 is 1.81 bits per heavy atom. The lowest BCUT2D eigenvalue weighted by Crippen LogP contribution is -1.97. The molecule has 21 heavy (non-hydrogen) atoms. The Kier molecular flexibility index (Phi) is 3.39. The summed E-state index contributed by atoms with van der Waals surface area (Å²) in [5.41, 5.74) is 9.13. The van der Waals surface area contributed by atoms with E-state index >= 15 is 0 Å². The molecule has 0 fully saturated rings. The van der Waals surface area contributed by atoms with Gasteiger partial charge in [0.1, 0.15) is 17.3 Å². The molecular weight excluding hydrogens is 289 g/mol. The molecule has 3 nitrogen and oxygen atoms in total. The molecule has 0 radical (unpaired) electrons. The predicted octanol–water partition coefficient (Wildman–Crippen LogP) is 4.13. The molecule has 2 aromatic carbocycles. The van der Waals surface area contributed by atoms with Crippen LogP contribution in [0.3, 0.4) is 0 Å². The molecular formula is C16H13ClFN3. The van der Waals surface area contributed by atoms with Crippen LogP contribution in [0.2, 0.25) is 5.02 Å². The Labute approximate surface area is 126 Å². The van der Waals surface area contributed by atoms with E-state index in [2.05, 4.69) is 5.10 Å². The number of nitrogens with zero attached hydrogens (tertiary/aromatic N) is 2. The largest absolute Gasteiger partial charge is 0.383 e. The summed E-state index contributed by atoms with van der Waals surface area (Å²) in [6.45, 7) is 0. The van der Waals surface area contributed by atoms with Gasteiger partial charge in [0, 0.05) is 12.6 Å². The van der Waals surface area contributed by atoms with Gasteiger partial charge in [0.2, 0.25) is 0 Å². The van der Waals surface area contributed by atoms with Crippen LogP contribution in [0.15, 0.2) is 48.5 Å². The number of benzene rings is 2. The topological polar surface area (TPSA) is 43.8 Å². The third-order valence-corrected chi connectivity index (χ3v) is 3.65. The Balaban J connectivity index is 2.24. The first-order valence-corrected chi connectivity index (χ1v) is 6.79. The monoisotopic (exact) mass is 301 g/mol. The molecule has 0 aliphatic heterocycles. The molecule has 5 heteroatoms. The van der Waals surface area contributed by atoms with Crippen LogP contribution in [0.4, 0.5) is 10.2 Å². The van der Waals surface area contributed by atoms with Crippen molar-refractivity contribution < 1.29 is 4.39 Å². The predicted molar refractivity (Wildman–Crippen MR) is 83.5 cm³/mol. The highest BCUT2D eigenvalue weighted by atomic mass is 35.5. The van der Waals surface area contributed by atoms with Crippen molar-refractivity contribution in [1.29, 1.82) is 0 Å². The average molecular weight is 302 g/mol. The zero-order valence-corrected chi connectivity index (χ0v) is 12.1. The average Bonchev–Trinajstić information content (AvgIpc) is 2.79. The van der Waals surface area contributed by atoms with Gasteiger partial charge in [-0.2, -0.15) is 5.10 Å². The summed E-state index contributed by atoms with van der Waals surface area (Å²) in [4.78, 5) is 0. The van der Waals surface area contributed by atoms with E-state index < -0.39 is 5.82 Å². The highest BCUT2D eigenvalue weighted by molar-refractivity contribution is 6.30. The highest BCUT2D eigenvalue weighted by Crippen LogP contribution is 2.36. The number of anilines is 1. The smallest absolute Gasteiger partial charge is 0.142 e. The number of nitrogens with two attached hydrogens (primary N) is 1. The normalized spacial score (nSPS) is 10.8. The van der Waals surface area contributed by atoms with Crippen LogP contribution in [0.5, 0.6) is 0 Å². The number of halogens is 2. The van der Waals surface area contributed by atoms with Crippen molar-refractivity contribution in [2.45, 2.75) is 0 Å². The maximum absolute atomic E-state index is 13.7. The summed E-state index contributed by atoms with van der Waals surface area (Å²) in [7, 11) is 1.76. The van der Waals surface area contributed by atoms with E-state index in [1.165, 1.54) is 12.1 Å². The first-order chi connectivity index (χ1) is 10.1. The van der Waals surface area contributed by atoms with Crippen LogP contribution in [-0.4, -0.2) is 9.78 Å². The van der Waals surface area contributed by atoms with E-state index in [1.54, 1.807) is 17.8 Å². The van der Waals surface area contributed by atoms with Gasteiger partial charge in [-0.25, -0.2) is 4.39 Å². The maximum atomic E-state index is 13.7. The van der Waals surface area contributed by atoms with Gasteiger partial charge < -0.3 is 5.73 Å². The minimum absolute atomic E-state index is 0.0870. The van der Waals surface area contributed by atoms with E-state index in [0.717, 1.165) is 11.1 Å². The van der Waals surface area contributed by atoms with E-state index in [0.29, 0.717) is 17.1 Å². The van der Waals surface area contributed by atoms with Crippen LogP contribution in [0, 0.1) is 5.82 Å². The standard InChI is InChI=1S/C16H13ClFN3/c1-21-16(19)14(10-5-3-2-4-6-10)15(20-21)11-7-8-12(17)13(18)9-11/h2-9H,19H2,1H3. The van der Waals surface area contributed by atoms with Crippen molar-refractivity contribution >= 4 is 17.4 Å². The Bertz CT molecular complexity index is 797. The fourth-order valence-corrected chi connectivity index (χ4v) is 2.39. The van der Waals surface area contributed by atoms with Gasteiger partial charge in [-0.3, -0.25) is 4.68 Å². The van der Waals surface area contributed by atoms with Crippen molar-refractivity contribution in [1.82, 2.24) is 9.78 Å². The minimum Gasteiger partial charge on any atom is -0.383 e. The Morgan fingerprint density at radius 1 is 1.10 bits per heavy atom. The molecule has 0 saturated carbocycles. The number of rotatable bonds is 2. The summed E-state index contributed by atoms with van der Waals surface area (Å²) >= 11 is 5.74.